The number of nitrogens with zero attached hydrogens (tertiary/aromatic N) is 1. The zero-order valence-corrected chi connectivity index (χ0v) is 17.7. The van der Waals surface area contributed by atoms with E-state index in [0.717, 1.165) is 31.5 Å². The summed E-state index contributed by atoms with van der Waals surface area (Å²) in [4.78, 5) is 14.3. The minimum Gasteiger partial charge on any atom is -0.415 e. The smallest absolute Gasteiger partial charge is 0.250 e. The Balaban J connectivity index is 2.19. The zero-order chi connectivity index (χ0) is 18.8. The van der Waals surface area contributed by atoms with E-state index in [1.54, 1.807) is 0 Å². The van der Waals surface area contributed by atoms with Crippen molar-refractivity contribution in [3.63, 3.8) is 0 Å². The van der Waals surface area contributed by atoms with Gasteiger partial charge in [-0.25, -0.2) is 0 Å². The zero-order valence-electron chi connectivity index (χ0n) is 16.7. The molecule has 1 atom stereocenters. The average molecular weight is 363 g/mol. The summed E-state index contributed by atoms with van der Waals surface area (Å²) in [5.74, 6) is -0.343. The number of carbonyl (C=O) groups excluding carboxylic acids is 1. The Morgan fingerprint density at radius 3 is 2.60 bits per heavy atom. The summed E-state index contributed by atoms with van der Waals surface area (Å²) < 4.78 is 6.38. The molecule has 0 aliphatic carbocycles. The van der Waals surface area contributed by atoms with Crippen molar-refractivity contribution in [2.75, 3.05) is 18.1 Å². The van der Waals surface area contributed by atoms with Crippen LogP contribution in [-0.4, -0.2) is 33.4 Å². The van der Waals surface area contributed by atoms with Gasteiger partial charge in [0.05, 0.1) is 17.9 Å². The molecule has 1 aliphatic rings. The van der Waals surface area contributed by atoms with E-state index in [2.05, 4.69) is 51.8 Å². The summed E-state index contributed by atoms with van der Waals surface area (Å²) in [7, 11) is -1.76. The first-order chi connectivity index (χ1) is 11.6. The molecule has 2 rings (SSSR count). The number of primary amides is 1. The Bertz CT molecular complexity index is 623. The van der Waals surface area contributed by atoms with Crippen LogP contribution in [0.3, 0.4) is 0 Å². The van der Waals surface area contributed by atoms with Gasteiger partial charge < -0.3 is 15.1 Å². The van der Waals surface area contributed by atoms with E-state index in [1.165, 1.54) is 5.56 Å². The topological polar surface area (TPSA) is 55.6 Å². The molecule has 0 radical (unpaired) electrons. The molecule has 1 aliphatic heterocycles. The molecule has 1 aromatic carbocycles. The summed E-state index contributed by atoms with van der Waals surface area (Å²) in [6, 6.07) is 6.34. The highest BCUT2D eigenvalue weighted by Crippen LogP contribution is 2.38. The van der Waals surface area contributed by atoms with Gasteiger partial charge in [-0.05, 0) is 42.6 Å². The maximum absolute atomic E-state index is 11.9. The number of carbonyl (C=O) groups is 1. The maximum Gasteiger partial charge on any atom is 0.250 e. The summed E-state index contributed by atoms with van der Waals surface area (Å²) in [6.45, 7) is 15.1. The van der Waals surface area contributed by atoms with Gasteiger partial charge in [-0.15, -0.1) is 0 Å². The molecule has 5 heteroatoms. The second-order valence-corrected chi connectivity index (χ2v) is 13.4. The van der Waals surface area contributed by atoms with Crippen molar-refractivity contribution in [2.45, 2.75) is 71.1 Å². The molecule has 0 saturated carbocycles. The van der Waals surface area contributed by atoms with E-state index < -0.39 is 8.32 Å². The molecule has 0 saturated heterocycles. The number of anilines is 1. The second kappa shape index (κ2) is 7.50. The highest BCUT2D eigenvalue weighted by atomic mass is 28.4. The number of hydrogen-bond acceptors (Lipinski definition) is 3. The lowest BCUT2D eigenvalue weighted by Gasteiger charge is -2.37. The predicted octanol–water partition coefficient (Wildman–Crippen LogP) is 4.34. The van der Waals surface area contributed by atoms with Gasteiger partial charge in [-0.2, -0.15) is 0 Å². The summed E-state index contributed by atoms with van der Waals surface area (Å²) in [6.07, 6.45) is 3.24. The normalized spacial score (nSPS) is 17.7. The minimum atomic E-state index is -1.76. The first-order valence-corrected chi connectivity index (χ1v) is 12.3. The van der Waals surface area contributed by atoms with Gasteiger partial charge >= 0.3 is 0 Å². The molecular weight excluding hydrogens is 328 g/mol. The van der Waals surface area contributed by atoms with Crippen LogP contribution in [0.1, 0.15) is 56.5 Å². The van der Waals surface area contributed by atoms with Gasteiger partial charge in [0.2, 0.25) is 0 Å². The molecule has 0 spiro atoms. The van der Waals surface area contributed by atoms with Crippen LogP contribution >= 0.6 is 0 Å². The molecule has 1 aromatic rings. The van der Waals surface area contributed by atoms with E-state index in [4.69, 9.17) is 10.2 Å². The van der Waals surface area contributed by atoms with Crippen LogP contribution < -0.4 is 10.6 Å². The van der Waals surface area contributed by atoms with Gasteiger partial charge in [-0.3, -0.25) is 4.79 Å². The quantitative estimate of drug-likeness (QED) is 0.734. The monoisotopic (exact) mass is 362 g/mol. The SMILES string of the molecule is CCCC1Cc2cccc(C(N)=O)c2N1CCO[Si](C)(C)C(C)(C)C. The third kappa shape index (κ3) is 4.26. The highest BCUT2D eigenvalue weighted by Gasteiger charge is 2.38. The molecule has 1 unspecified atom stereocenters. The van der Waals surface area contributed by atoms with Crippen molar-refractivity contribution in [3.8, 4) is 0 Å². The Kier molecular flexibility index (Phi) is 6.00. The number of nitrogens with two attached hydrogens (primary N) is 1. The van der Waals surface area contributed by atoms with Crippen LogP contribution in [-0.2, 0) is 10.8 Å². The van der Waals surface area contributed by atoms with Gasteiger partial charge in [0, 0.05) is 12.6 Å². The Labute approximate surface area is 153 Å². The highest BCUT2D eigenvalue weighted by molar-refractivity contribution is 6.74. The third-order valence-electron chi connectivity index (χ3n) is 5.79. The van der Waals surface area contributed by atoms with Gasteiger partial charge in [0.15, 0.2) is 8.32 Å². The Morgan fingerprint density at radius 1 is 1.36 bits per heavy atom. The van der Waals surface area contributed by atoms with Gasteiger partial charge in [0.1, 0.15) is 0 Å². The fraction of sp³-hybridized carbons (Fsp3) is 0.650. The summed E-state index contributed by atoms with van der Waals surface area (Å²) in [5, 5.41) is 0.205. The summed E-state index contributed by atoms with van der Waals surface area (Å²) in [5.41, 5.74) is 8.55. The van der Waals surface area contributed by atoms with Crippen LogP contribution in [0.25, 0.3) is 0 Å². The average Bonchev–Trinajstić information content (AvgIpc) is 2.84. The van der Waals surface area contributed by atoms with Crippen molar-refractivity contribution in [1.82, 2.24) is 0 Å². The number of rotatable bonds is 7. The largest absolute Gasteiger partial charge is 0.415 e. The van der Waals surface area contributed by atoms with Crippen LogP contribution in [0.15, 0.2) is 18.2 Å². The summed E-state index contributed by atoms with van der Waals surface area (Å²) >= 11 is 0. The van der Waals surface area contributed by atoms with E-state index in [1.807, 2.05) is 12.1 Å². The van der Waals surface area contributed by atoms with Gasteiger partial charge in [0.25, 0.3) is 5.91 Å². The van der Waals surface area contributed by atoms with Crippen molar-refractivity contribution in [1.29, 1.82) is 0 Å². The van der Waals surface area contributed by atoms with Crippen LogP contribution in [0, 0.1) is 0 Å². The lowest BCUT2D eigenvalue weighted by atomic mass is 10.0. The number of hydrogen-bond donors (Lipinski definition) is 1. The van der Waals surface area contributed by atoms with Crippen LogP contribution in [0.5, 0.6) is 0 Å². The first-order valence-electron chi connectivity index (χ1n) is 9.40. The lowest BCUT2D eigenvalue weighted by Crippen LogP contribution is -2.44. The van der Waals surface area contributed by atoms with Crippen molar-refractivity contribution < 1.29 is 9.22 Å². The number of amides is 1. The molecule has 2 N–H and O–H groups in total. The van der Waals surface area contributed by atoms with Crippen molar-refractivity contribution in [2.24, 2.45) is 5.73 Å². The van der Waals surface area contributed by atoms with Crippen LogP contribution in [0.4, 0.5) is 5.69 Å². The lowest BCUT2D eigenvalue weighted by molar-refractivity contribution is 0.100. The maximum atomic E-state index is 11.9. The number of fused-ring (bicyclic) bond motifs is 1. The fourth-order valence-electron chi connectivity index (χ4n) is 3.34. The molecular formula is C20H34N2O2Si. The molecule has 1 amide bonds. The molecule has 1 heterocycles. The third-order valence-corrected chi connectivity index (χ3v) is 10.3. The van der Waals surface area contributed by atoms with E-state index in [9.17, 15) is 4.79 Å². The van der Waals surface area contributed by atoms with E-state index in [-0.39, 0.29) is 10.9 Å². The number of benzene rings is 1. The second-order valence-electron chi connectivity index (χ2n) is 8.63. The van der Waals surface area contributed by atoms with Crippen LogP contribution in [0.2, 0.25) is 18.1 Å². The van der Waals surface area contributed by atoms with Gasteiger partial charge in [-0.1, -0.05) is 46.2 Å². The molecule has 25 heavy (non-hydrogen) atoms. The standard InChI is InChI=1S/C20H34N2O2Si/c1-7-9-16-14-15-10-8-11-17(19(21)23)18(15)22(16)12-13-24-25(5,6)20(2,3)4/h8,10-11,16H,7,9,12-14H2,1-6H3,(H2,21,23). The molecule has 0 fully saturated rings. The Morgan fingerprint density at radius 2 is 2.04 bits per heavy atom. The molecule has 4 nitrogen and oxygen atoms in total. The molecule has 0 aromatic heterocycles. The van der Waals surface area contributed by atoms with Crippen molar-refractivity contribution >= 4 is 19.9 Å². The fourth-order valence-corrected chi connectivity index (χ4v) is 4.38. The number of para-hydroxylation sites is 1. The van der Waals surface area contributed by atoms with E-state index >= 15 is 0 Å². The molecule has 0 bridgehead atoms. The minimum absolute atomic E-state index is 0.205. The Hall–Kier alpha value is -1.33. The van der Waals surface area contributed by atoms with E-state index in [0.29, 0.717) is 18.2 Å². The molecule has 140 valence electrons. The van der Waals surface area contributed by atoms with Crippen molar-refractivity contribution in [3.05, 3.63) is 29.3 Å². The predicted molar refractivity (Wildman–Crippen MR) is 108 cm³/mol. The first kappa shape index (κ1) is 20.0.